The van der Waals surface area contributed by atoms with Gasteiger partial charge in [-0.1, -0.05) is 30.2 Å². The average molecular weight is 319 g/mol. The number of fused-ring (bicyclic) bond motifs is 1. The number of ether oxygens (including phenoxy) is 1. The summed E-state index contributed by atoms with van der Waals surface area (Å²) < 4.78 is 5.13. The predicted octanol–water partition coefficient (Wildman–Crippen LogP) is 4.03. The molecule has 3 rings (SSSR count). The van der Waals surface area contributed by atoms with Gasteiger partial charge in [-0.25, -0.2) is 4.98 Å². The van der Waals surface area contributed by atoms with Crippen molar-refractivity contribution in [2.24, 2.45) is 5.41 Å². The fourth-order valence-electron chi connectivity index (χ4n) is 2.92. The molecule has 5 heteroatoms. The summed E-state index contributed by atoms with van der Waals surface area (Å²) >= 11 is 6.17. The number of halogens is 1. The standard InChI is InChI=1S/C17H19ClN2O2/c1-22-11-10-17(8-3-9-17)16(21)20-14-7-6-12-4-2-5-13(18)15(12)19-14/h2,4-7H,3,8-11H2,1H3,(H,19,20,21). The Labute approximate surface area is 134 Å². The third-order valence-electron chi connectivity index (χ3n) is 4.49. The van der Waals surface area contributed by atoms with Gasteiger partial charge >= 0.3 is 0 Å². The third kappa shape index (κ3) is 2.81. The van der Waals surface area contributed by atoms with E-state index in [0.29, 0.717) is 23.0 Å². The number of carbonyl (C=O) groups is 1. The number of carbonyl (C=O) groups excluding carboxylic acids is 1. The second-order valence-electron chi connectivity index (χ2n) is 5.84. The van der Waals surface area contributed by atoms with Gasteiger partial charge in [0.1, 0.15) is 5.82 Å². The van der Waals surface area contributed by atoms with Crippen LogP contribution in [0.25, 0.3) is 10.9 Å². The van der Waals surface area contributed by atoms with Crippen molar-refractivity contribution < 1.29 is 9.53 Å². The maximum atomic E-state index is 12.6. The van der Waals surface area contributed by atoms with E-state index in [4.69, 9.17) is 16.3 Å². The van der Waals surface area contributed by atoms with Gasteiger partial charge in [-0.05, 0) is 37.5 Å². The Morgan fingerprint density at radius 2 is 2.18 bits per heavy atom. The normalized spacial score (nSPS) is 16.3. The largest absolute Gasteiger partial charge is 0.385 e. The second kappa shape index (κ2) is 6.23. The van der Waals surface area contributed by atoms with Crippen LogP contribution in [-0.4, -0.2) is 24.6 Å². The van der Waals surface area contributed by atoms with Crippen molar-refractivity contribution in [1.82, 2.24) is 4.98 Å². The highest BCUT2D eigenvalue weighted by atomic mass is 35.5. The molecule has 2 aromatic rings. The Hall–Kier alpha value is -1.65. The number of nitrogens with zero attached hydrogens (tertiary/aromatic N) is 1. The van der Waals surface area contributed by atoms with Crippen molar-refractivity contribution in [3.05, 3.63) is 35.4 Å². The zero-order chi connectivity index (χ0) is 15.6. The zero-order valence-corrected chi connectivity index (χ0v) is 13.3. The number of pyridine rings is 1. The van der Waals surface area contributed by atoms with Crippen LogP contribution in [0.2, 0.25) is 5.02 Å². The molecule has 1 aliphatic rings. The minimum atomic E-state index is -0.298. The first-order valence-electron chi connectivity index (χ1n) is 7.50. The van der Waals surface area contributed by atoms with Crippen LogP contribution in [0.15, 0.2) is 30.3 Å². The lowest BCUT2D eigenvalue weighted by Crippen LogP contribution is -2.42. The molecule has 4 nitrogen and oxygen atoms in total. The van der Waals surface area contributed by atoms with Gasteiger partial charge in [0.25, 0.3) is 0 Å². The van der Waals surface area contributed by atoms with Crippen LogP contribution in [0.1, 0.15) is 25.7 Å². The molecule has 0 unspecified atom stereocenters. The number of nitrogens with one attached hydrogen (secondary N) is 1. The molecule has 1 fully saturated rings. The molecule has 1 heterocycles. The minimum absolute atomic E-state index is 0.0368. The van der Waals surface area contributed by atoms with Gasteiger partial charge in [0, 0.05) is 19.1 Å². The lowest BCUT2D eigenvalue weighted by Gasteiger charge is -2.40. The zero-order valence-electron chi connectivity index (χ0n) is 12.6. The first kappa shape index (κ1) is 15.3. The smallest absolute Gasteiger partial charge is 0.231 e. The average Bonchev–Trinajstić information content (AvgIpc) is 2.47. The van der Waals surface area contributed by atoms with E-state index in [2.05, 4.69) is 10.3 Å². The van der Waals surface area contributed by atoms with E-state index in [9.17, 15) is 4.79 Å². The maximum Gasteiger partial charge on any atom is 0.231 e. The van der Waals surface area contributed by atoms with Gasteiger partial charge < -0.3 is 10.1 Å². The van der Waals surface area contributed by atoms with Crippen molar-refractivity contribution in [2.75, 3.05) is 19.0 Å². The van der Waals surface area contributed by atoms with E-state index in [-0.39, 0.29) is 11.3 Å². The molecule has 0 bridgehead atoms. The first-order valence-corrected chi connectivity index (χ1v) is 7.88. The molecule has 1 aliphatic carbocycles. The summed E-state index contributed by atoms with van der Waals surface area (Å²) in [5.41, 5.74) is 0.411. The van der Waals surface area contributed by atoms with Gasteiger partial charge in [-0.15, -0.1) is 0 Å². The van der Waals surface area contributed by atoms with E-state index >= 15 is 0 Å². The Balaban J connectivity index is 1.80. The van der Waals surface area contributed by atoms with Gasteiger partial charge in [-0.3, -0.25) is 4.79 Å². The topological polar surface area (TPSA) is 51.2 Å². The Kier molecular flexibility index (Phi) is 4.32. The summed E-state index contributed by atoms with van der Waals surface area (Å²) in [5.74, 6) is 0.587. The lowest BCUT2D eigenvalue weighted by atomic mass is 9.66. The van der Waals surface area contributed by atoms with Crippen LogP contribution in [0.5, 0.6) is 0 Å². The Morgan fingerprint density at radius 3 is 2.86 bits per heavy atom. The maximum absolute atomic E-state index is 12.6. The Morgan fingerprint density at radius 1 is 1.36 bits per heavy atom. The van der Waals surface area contributed by atoms with Crippen LogP contribution < -0.4 is 5.32 Å². The van der Waals surface area contributed by atoms with Gasteiger partial charge in [0.05, 0.1) is 16.0 Å². The molecular weight excluding hydrogens is 300 g/mol. The van der Waals surface area contributed by atoms with Crippen LogP contribution in [0.3, 0.4) is 0 Å². The number of benzene rings is 1. The fraction of sp³-hybridized carbons (Fsp3) is 0.412. The molecule has 0 spiro atoms. The van der Waals surface area contributed by atoms with E-state index in [0.717, 1.165) is 31.1 Å². The van der Waals surface area contributed by atoms with Gasteiger partial charge in [-0.2, -0.15) is 0 Å². The van der Waals surface area contributed by atoms with Crippen molar-refractivity contribution in [1.29, 1.82) is 0 Å². The van der Waals surface area contributed by atoms with Crippen molar-refractivity contribution in [3.63, 3.8) is 0 Å². The van der Waals surface area contributed by atoms with Crippen LogP contribution in [-0.2, 0) is 9.53 Å². The van der Waals surface area contributed by atoms with Crippen LogP contribution >= 0.6 is 11.6 Å². The van der Waals surface area contributed by atoms with E-state index < -0.39 is 0 Å². The molecule has 1 saturated carbocycles. The van der Waals surface area contributed by atoms with Crippen molar-refractivity contribution in [2.45, 2.75) is 25.7 Å². The second-order valence-corrected chi connectivity index (χ2v) is 6.25. The summed E-state index contributed by atoms with van der Waals surface area (Å²) in [7, 11) is 1.66. The number of amides is 1. The molecule has 1 aromatic carbocycles. The highest BCUT2D eigenvalue weighted by Gasteiger charge is 2.43. The molecule has 0 saturated heterocycles. The lowest BCUT2D eigenvalue weighted by molar-refractivity contribution is -0.131. The van der Waals surface area contributed by atoms with Crippen molar-refractivity contribution >= 4 is 34.2 Å². The summed E-state index contributed by atoms with van der Waals surface area (Å²) in [6, 6.07) is 9.38. The first-order chi connectivity index (χ1) is 10.6. The van der Waals surface area contributed by atoms with E-state index in [1.165, 1.54) is 0 Å². The summed E-state index contributed by atoms with van der Waals surface area (Å²) in [6.45, 7) is 0.602. The summed E-state index contributed by atoms with van der Waals surface area (Å²) in [4.78, 5) is 17.1. The number of para-hydroxylation sites is 1. The number of aromatic nitrogens is 1. The molecule has 116 valence electrons. The number of hydrogen-bond donors (Lipinski definition) is 1. The highest BCUT2D eigenvalue weighted by Crippen LogP contribution is 2.44. The Bertz CT molecular complexity index is 698. The summed E-state index contributed by atoms with van der Waals surface area (Å²) in [6.07, 6.45) is 3.67. The number of hydrogen-bond acceptors (Lipinski definition) is 3. The minimum Gasteiger partial charge on any atom is -0.385 e. The summed E-state index contributed by atoms with van der Waals surface area (Å²) in [5, 5.41) is 4.50. The van der Waals surface area contributed by atoms with Gasteiger partial charge in [0.15, 0.2) is 0 Å². The van der Waals surface area contributed by atoms with Crippen LogP contribution in [0.4, 0.5) is 5.82 Å². The van der Waals surface area contributed by atoms with E-state index in [1.807, 2.05) is 24.3 Å². The third-order valence-corrected chi connectivity index (χ3v) is 4.79. The number of rotatable bonds is 5. The van der Waals surface area contributed by atoms with Crippen LogP contribution in [0, 0.1) is 5.41 Å². The monoisotopic (exact) mass is 318 g/mol. The molecule has 0 atom stereocenters. The molecule has 0 aliphatic heterocycles. The molecule has 1 N–H and O–H groups in total. The van der Waals surface area contributed by atoms with Gasteiger partial charge in [0.2, 0.25) is 5.91 Å². The van der Waals surface area contributed by atoms with Crippen molar-refractivity contribution in [3.8, 4) is 0 Å². The quantitative estimate of drug-likeness (QED) is 0.905. The fourth-order valence-corrected chi connectivity index (χ4v) is 3.15. The molecule has 1 aromatic heterocycles. The number of anilines is 1. The van der Waals surface area contributed by atoms with E-state index in [1.54, 1.807) is 13.2 Å². The highest BCUT2D eigenvalue weighted by molar-refractivity contribution is 6.35. The predicted molar refractivity (Wildman–Crippen MR) is 88.2 cm³/mol. The molecular formula is C17H19ClN2O2. The molecule has 1 amide bonds. The number of methoxy groups -OCH3 is 1. The SMILES string of the molecule is COCCC1(C(=O)Nc2ccc3cccc(Cl)c3n2)CCC1. The molecule has 22 heavy (non-hydrogen) atoms. The molecule has 0 radical (unpaired) electrons.